The first-order valence-electron chi connectivity index (χ1n) is 7.44. The number of nitrogens with one attached hydrogen (secondary N) is 2. The second-order valence-corrected chi connectivity index (χ2v) is 6.21. The van der Waals surface area contributed by atoms with Gasteiger partial charge in [0.25, 0.3) is 11.8 Å². The van der Waals surface area contributed by atoms with Crippen molar-refractivity contribution in [3.05, 3.63) is 0 Å². The molecule has 9 heteroatoms. The van der Waals surface area contributed by atoms with Crippen LogP contribution in [-0.2, 0) is 0 Å². The number of rotatable bonds is 2. The molecule has 124 valence electrons. The van der Waals surface area contributed by atoms with E-state index in [-0.39, 0.29) is 31.6 Å². The van der Waals surface area contributed by atoms with Crippen LogP contribution in [0.4, 0.5) is 17.6 Å². The van der Waals surface area contributed by atoms with Crippen LogP contribution in [0.15, 0.2) is 9.98 Å². The van der Waals surface area contributed by atoms with E-state index in [1.807, 2.05) is 0 Å². The average molecular weight is 321 g/mol. The maximum atomic E-state index is 13.9. The van der Waals surface area contributed by atoms with Crippen LogP contribution >= 0.6 is 0 Å². The fraction of sp³-hybridized carbons (Fsp3) is 0.846. The molecule has 3 aliphatic rings. The Hall–Kier alpha value is -1.38. The number of aliphatic imine (C=N–C) groups is 2. The molecule has 0 amide bonds. The molecule has 0 aromatic rings. The van der Waals surface area contributed by atoms with Gasteiger partial charge in [-0.25, -0.2) is 27.5 Å². The van der Waals surface area contributed by atoms with Gasteiger partial charge in [-0.1, -0.05) is 0 Å². The normalized spacial score (nSPS) is 41.4. The van der Waals surface area contributed by atoms with E-state index in [0.717, 1.165) is 6.34 Å². The fourth-order valence-electron chi connectivity index (χ4n) is 3.40. The molecule has 0 aromatic heterocycles. The van der Waals surface area contributed by atoms with Crippen LogP contribution in [0.5, 0.6) is 0 Å². The minimum Gasteiger partial charge on any atom is -0.319 e. The Labute approximate surface area is 125 Å². The van der Waals surface area contributed by atoms with Crippen molar-refractivity contribution in [2.45, 2.75) is 62.2 Å². The van der Waals surface area contributed by atoms with Crippen LogP contribution in [0.2, 0.25) is 0 Å². The predicted molar refractivity (Wildman–Crippen MR) is 74.0 cm³/mol. The summed E-state index contributed by atoms with van der Waals surface area (Å²) in [5, 5.41) is 5.18. The highest BCUT2D eigenvalue weighted by atomic mass is 19.3. The SMILES string of the molecule is NC1(C2CCCC2(F)F)N=CNC(=NC2CCCC2(F)F)N1. The van der Waals surface area contributed by atoms with E-state index in [2.05, 4.69) is 20.6 Å². The zero-order chi connectivity index (χ0) is 16.0. The summed E-state index contributed by atoms with van der Waals surface area (Å²) in [7, 11) is 0. The van der Waals surface area contributed by atoms with Gasteiger partial charge >= 0.3 is 0 Å². The lowest BCUT2D eigenvalue weighted by Gasteiger charge is -2.38. The smallest absolute Gasteiger partial charge is 0.270 e. The lowest BCUT2D eigenvalue weighted by Crippen LogP contribution is -2.67. The molecule has 2 fully saturated rings. The molecule has 3 unspecified atom stereocenters. The second kappa shape index (κ2) is 5.07. The Balaban J connectivity index is 1.80. The van der Waals surface area contributed by atoms with E-state index < -0.39 is 29.6 Å². The molecule has 0 aromatic carbocycles. The van der Waals surface area contributed by atoms with Gasteiger partial charge < -0.3 is 10.6 Å². The molecule has 22 heavy (non-hydrogen) atoms. The molecule has 3 rings (SSSR count). The van der Waals surface area contributed by atoms with E-state index in [0.29, 0.717) is 12.8 Å². The van der Waals surface area contributed by atoms with Gasteiger partial charge in [0.1, 0.15) is 6.04 Å². The van der Waals surface area contributed by atoms with Gasteiger partial charge in [-0.05, 0) is 25.7 Å². The van der Waals surface area contributed by atoms with Crippen LogP contribution in [-0.4, -0.2) is 36.0 Å². The summed E-state index contributed by atoms with van der Waals surface area (Å²) in [4.78, 5) is 7.81. The summed E-state index contributed by atoms with van der Waals surface area (Å²) in [5.74, 6) is -8.74. The standard InChI is InChI=1S/C13H19F4N5/c14-11(15)5-1-3-8(11)13(18)20-7-19-10(22-13)21-9-4-2-6-12(9,16)17/h7-9H,1-6,18H2,(H2,19,20,21,22). The summed E-state index contributed by atoms with van der Waals surface area (Å²) >= 11 is 0. The summed E-state index contributed by atoms with van der Waals surface area (Å²) < 4.78 is 55.1. The zero-order valence-corrected chi connectivity index (χ0v) is 12.0. The molecule has 2 saturated carbocycles. The van der Waals surface area contributed by atoms with Crippen molar-refractivity contribution in [3.63, 3.8) is 0 Å². The number of hydrogen-bond acceptors (Lipinski definition) is 3. The first kappa shape index (κ1) is 15.5. The highest BCUT2D eigenvalue weighted by molar-refractivity contribution is 5.92. The topological polar surface area (TPSA) is 74.8 Å². The first-order valence-corrected chi connectivity index (χ1v) is 7.44. The van der Waals surface area contributed by atoms with Crippen LogP contribution in [0.3, 0.4) is 0 Å². The molecule has 1 heterocycles. The van der Waals surface area contributed by atoms with Gasteiger partial charge in [-0.2, -0.15) is 0 Å². The number of halogens is 4. The largest absolute Gasteiger partial charge is 0.319 e. The van der Waals surface area contributed by atoms with E-state index in [4.69, 9.17) is 5.73 Å². The lowest BCUT2D eigenvalue weighted by molar-refractivity contribution is -0.0670. The van der Waals surface area contributed by atoms with Gasteiger partial charge in [0.2, 0.25) is 0 Å². The molecule has 1 aliphatic heterocycles. The monoisotopic (exact) mass is 321 g/mol. The summed E-state index contributed by atoms with van der Waals surface area (Å²) in [6.07, 6.45) is 1.92. The van der Waals surface area contributed by atoms with Crippen molar-refractivity contribution in [2.24, 2.45) is 21.6 Å². The van der Waals surface area contributed by atoms with Gasteiger partial charge in [0.15, 0.2) is 11.7 Å². The van der Waals surface area contributed by atoms with Crippen LogP contribution in [0, 0.1) is 5.92 Å². The Kier molecular flexibility index (Phi) is 3.58. The highest BCUT2D eigenvalue weighted by Crippen LogP contribution is 2.45. The number of nitrogens with two attached hydrogens (primary N) is 1. The van der Waals surface area contributed by atoms with Crippen molar-refractivity contribution in [1.29, 1.82) is 0 Å². The van der Waals surface area contributed by atoms with Gasteiger partial charge in [0, 0.05) is 12.8 Å². The number of guanidine groups is 1. The van der Waals surface area contributed by atoms with Gasteiger partial charge in [0.05, 0.1) is 12.3 Å². The van der Waals surface area contributed by atoms with Crippen molar-refractivity contribution in [2.75, 3.05) is 0 Å². The molecule has 4 N–H and O–H groups in total. The maximum absolute atomic E-state index is 13.9. The van der Waals surface area contributed by atoms with Crippen LogP contribution < -0.4 is 16.4 Å². The minimum atomic E-state index is -2.93. The average Bonchev–Trinajstić information content (AvgIpc) is 2.92. The van der Waals surface area contributed by atoms with E-state index in [9.17, 15) is 17.6 Å². The Bertz CT molecular complexity index is 507. The molecule has 0 saturated heterocycles. The first-order chi connectivity index (χ1) is 10.2. The quantitative estimate of drug-likeness (QED) is 0.679. The molecular weight excluding hydrogens is 302 g/mol. The van der Waals surface area contributed by atoms with Crippen LogP contribution in [0.1, 0.15) is 38.5 Å². The maximum Gasteiger partial charge on any atom is 0.270 e. The van der Waals surface area contributed by atoms with Crippen LogP contribution in [0.25, 0.3) is 0 Å². The highest BCUT2D eigenvalue weighted by Gasteiger charge is 2.55. The third kappa shape index (κ3) is 2.66. The van der Waals surface area contributed by atoms with E-state index >= 15 is 0 Å². The summed E-state index contributed by atoms with van der Waals surface area (Å²) in [5.41, 5.74) is 5.97. The Morgan fingerprint density at radius 3 is 2.41 bits per heavy atom. The van der Waals surface area contributed by atoms with Gasteiger partial charge in [-0.15, -0.1) is 0 Å². The zero-order valence-electron chi connectivity index (χ0n) is 12.0. The number of nitrogens with zero attached hydrogens (tertiary/aromatic N) is 2. The van der Waals surface area contributed by atoms with E-state index in [1.54, 1.807) is 0 Å². The summed E-state index contributed by atoms with van der Waals surface area (Å²) in [6, 6.07) is -1.16. The van der Waals surface area contributed by atoms with Crippen molar-refractivity contribution >= 4 is 12.3 Å². The van der Waals surface area contributed by atoms with E-state index in [1.165, 1.54) is 0 Å². The predicted octanol–water partition coefficient (Wildman–Crippen LogP) is 1.80. The summed E-state index contributed by atoms with van der Waals surface area (Å²) in [6.45, 7) is 0. The molecule has 0 spiro atoms. The molecule has 3 atom stereocenters. The lowest BCUT2D eigenvalue weighted by atomic mass is 9.96. The van der Waals surface area contributed by atoms with Crippen molar-refractivity contribution in [3.8, 4) is 0 Å². The third-order valence-electron chi connectivity index (χ3n) is 4.60. The number of hydrogen-bond donors (Lipinski definition) is 3. The second-order valence-electron chi connectivity index (χ2n) is 6.21. The van der Waals surface area contributed by atoms with Gasteiger partial charge in [-0.3, -0.25) is 5.73 Å². The number of alkyl halides is 4. The van der Waals surface area contributed by atoms with Crippen molar-refractivity contribution < 1.29 is 17.6 Å². The molecule has 2 aliphatic carbocycles. The Morgan fingerprint density at radius 1 is 1.14 bits per heavy atom. The molecule has 0 bridgehead atoms. The fourth-order valence-corrected chi connectivity index (χ4v) is 3.40. The third-order valence-corrected chi connectivity index (χ3v) is 4.60. The Morgan fingerprint density at radius 2 is 1.82 bits per heavy atom. The molecule has 5 nitrogen and oxygen atoms in total. The van der Waals surface area contributed by atoms with Crippen molar-refractivity contribution in [1.82, 2.24) is 10.6 Å². The molecular formula is C13H19F4N5. The molecule has 0 radical (unpaired) electrons. The minimum absolute atomic E-state index is 0.0215.